The second-order valence-corrected chi connectivity index (χ2v) is 6.73. The number of hydrogen-bond acceptors (Lipinski definition) is 2. The largest absolute Gasteiger partial charge is 0.393 e. The van der Waals surface area contributed by atoms with E-state index >= 15 is 0 Å². The lowest BCUT2D eigenvalue weighted by Crippen LogP contribution is -2.32. The molecule has 0 bridgehead atoms. The van der Waals surface area contributed by atoms with E-state index in [4.69, 9.17) is 11.6 Å². The third kappa shape index (κ3) is 4.21. The van der Waals surface area contributed by atoms with E-state index in [2.05, 4.69) is 31.1 Å². The van der Waals surface area contributed by atoms with Gasteiger partial charge in [-0.25, -0.2) is 0 Å². The zero-order chi connectivity index (χ0) is 14.5. The second kappa shape index (κ2) is 7.44. The van der Waals surface area contributed by atoms with Crippen LogP contribution in [0.5, 0.6) is 0 Å². The molecule has 2 rings (SSSR count). The predicted molar refractivity (Wildman–Crippen MR) is 85.3 cm³/mol. The lowest BCUT2D eigenvalue weighted by Gasteiger charge is -2.32. The van der Waals surface area contributed by atoms with Gasteiger partial charge in [0.2, 0.25) is 0 Å². The quantitative estimate of drug-likeness (QED) is 0.851. The summed E-state index contributed by atoms with van der Waals surface area (Å²) in [7, 11) is 4.21. The first-order valence-corrected chi connectivity index (χ1v) is 8.04. The van der Waals surface area contributed by atoms with E-state index in [1.54, 1.807) is 0 Å². The van der Waals surface area contributed by atoms with Gasteiger partial charge in [-0.3, -0.25) is 0 Å². The molecule has 0 heterocycles. The highest BCUT2D eigenvalue weighted by Gasteiger charge is 2.30. The Labute approximate surface area is 127 Å². The summed E-state index contributed by atoms with van der Waals surface area (Å²) in [4.78, 5) is 2.22. The van der Waals surface area contributed by atoms with Crippen LogP contribution in [0.25, 0.3) is 0 Å². The van der Waals surface area contributed by atoms with Crippen molar-refractivity contribution in [1.82, 2.24) is 4.90 Å². The minimum atomic E-state index is -0.168. The molecule has 2 nitrogen and oxygen atoms in total. The summed E-state index contributed by atoms with van der Waals surface area (Å²) in [5, 5.41) is 11.3. The van der Waals surface area contributed by atoms with Crippen LogP contribution in [0, 0.1) is 5.92 Å². The highest BCUT2D eigenvalue weighted by molar-refractivity contribution is 6.30. The van der Waals surface area contributed by atoms with Gasteiger partial charge in [-0.1, -0.05) is 43.0 Å². The van der Waals surface area contributed by atoms with E-state index in [0.29, 0.717) is 11.8 Å². The van der Waals surface area contributed by atoms with Crippen LogP contribution in [0.15, 0.2) is 24.3 Å². The Morgan fingerprint density at radius 1 is 1.15 bits per heavy atom. The fourth-order valence-corrected chi connectivity index (χ4v) is 3.50. The van der Waals surface area contributed by atoms with Crippen molar-refractivity contribution in [2.45, 2.75) is 44.1 Å². The van der Waals surface area contributed by atoms with Crippen molar-refractivity contribution in [3.05, 3.63) is 34.9 Å². The normalized spacial score (nSPS) is 25.4. The van der Waals surface area contributed by atoms with Crippen molar-refractivity contribution < 1.29 is 5.11 Å². The van der Waals surface area contributed by atoms with Crippen LogP contribution in [0.1, 0.15) is 43.6 Å². The van der Waals surface area contributed by atoms with Crippen molar-refractivity contribution in [2.75, 3.05) is 20.6 Å². The molecular formula is C17H26ClNO. The third-order valence-electron chi connectivity index (χ3n) is 4.41. The molecule has 1 N–H and O–H groups in total. The standard InChI is InChI=1S/C17H26ClNO/c1-19(2)12-16(13-8-10-14(18)11-9-13)15-6-4-3-5-7-17(15)20/h8-11,15-17,20H,3-7,12H2,1-2H3/t15-,16?,17+/m1/s1. The van der Waals surface area contributed by atoms with Gasteiger partial charge < -0.3 is 10.0 Å². The van der Waals surface area contributed by atoms with Gasteiger partial charge in [0.05, 0.1) is 6.10 Å². The average Bonchev–Trinajstić information content (AvgIpc) is 2.62. The molecule has 0 amide bonds. The van der Waals surface area contributed by atoms with Crippen LogP contribution < -0.4 is 0 Å². The number of halogens is 1. The summed E-state index contributed by atoms with van der Waals surface area (Å²) >= 11 is 6.00. The van der Waals surface area contributed by atoms with Crippen molar-refractivity contribution in [2.24, 2.45) is 5.92 Å². The molecule has 0 aromatic heterocycles. The van der Waals surface area contributed by atoms with Gasteiger partial charge in [-0.05, 0) is 50.6 Å². The number of rotatable bonds is 4. The molecule has 3 heteroatoms. The van der Waals surface area contributed by atoms with Gasteiger partial charge >= 0.3 is 0 Å². The Bertz CT molecular complexity index is 404. The van der Waals surface area contributed by atoms with E-state index in [1.165, 1.54) is 18.4 Å². The SMILES string of the molecule is CN(C)CC(c1ccc(Cl)cc1)[C@H]1CCCCC[C@@H]1O. The fraction of sp³-hybridized carbons (Fsp3) is 0.647. The Kier molecular flexibility index (Phi) is 5.88. The maximum absolute atomic E-state index is 10.5. The zero-order valence-electron chi connectivity index (χ0n) is 12.6. The molecule has 20 heavy (non-hydrogen) atoms. The summed E-state index contributed by atoms with van der Waals surface area (Å²) in [6, 6.07) is 8.16. The van der Waals surface area contributed by atoms with Crippen LogP contribution in [0.3, 0.4) is 0 Å². The topological polar surface area (TPSA) is 23.5 Å². The van der Waals surface area contributed by atoms with Crippen LogP contribution in [0.2, 0.25) is 5.02 Å². The first kappa shape index (κ1) is 15.8. The van der Waals surface area contributed by atoms with Crippen LogP contribution >= 0.6 is 11.6 Å². The maximum atomic E-state index is 10.5. The van der Waals surface area contributed by atoms with Crippen LogP contribution in [-0.2, 0) is 0 Å². The van der Waals surface area contributed by atoms with Crippen LogP contribution in [-0.4, -0.2) is 36.8 Å². The molecule has 1 aromatic rings. The first-order chi connectivity index (χ1) is 9.58. The number of hydrogen-bond donors (Lipinski definition) is 1. The first-order valence-electron chi connectivity index (χ1n) is 7.66. The second-order valence-electron chi connectivity index (χ2n) is 6.29. The van der Waals surface area contributed by atoms with Gasteiger partial charge in [0.1, 0.15) is 0 Å². The lowest BCUT2D eigenvalue weighted by atomic mass is 9.79. The van der Waals surface area contributed by atoms with E-state index in [1.807, 2.05) is 12.1 Å². The summed E-state index contributed by atoms with van der Waals surface area (Å²) in [6.45, 7) is 0.976. The molecule has 1 unspecified atom stereocenters. The molecule has 1 aliphatic carbocycles. The maximum Gasteiger partial charge on any atom is 0.0574 e. The average molecular weight is 296 g/mol. The Morgan fingerprint density at radius 3 is 2.45 bits per heavy atom. The summed E-state index contributed by atoms with van der Waals surface area (Å²) in [5.74, 6) is 0.747. The Morgan fingerprint density at radius 2 is 1.80 bits per heavy atom. The summed E-state index contributed by atoms with van der Waals surface area (Å²) in [5.41, 5.74) is 1.30. The monoisotopic (exact) mass is 295 g/mol. The Hall–Kier alpha value is -0.570. The van der Waals surface area contributed by atoms with Crippen LogP contribution in [0.4, 0.5) is 0 Å². The molecule has 1 aliphatic rings. The molecule has 1 aromatic carbocycles. The highest BCUT2D eigenvalue weighted by Crippen LogP contribution is 2.36. The minimum absolute atomic E-state index is 0.168. The summed E-state index contributed by atoms with van der Waals surface area (Å²) in [6.07, 6.45) is 5.55. The molecule has 0 spiro atoms. The fourth-order valence-electron chi connectivity index (χ4n) is 3.38. The Balaban J connectivity index is 2.23. The van der Waals surface area contributed by atoms with Gasteiger partial charge in [0.15, 0.2) is 0 Å². The molecule has 0 aliphatic heterocycles. The van der Waals surface area contributed by atoms with Crippen molar-refractivity contribution in [1.29, 1.82) is 0 Å². The van der Waals surface area contributed by atoms with Gasteiger partial charge in [0.25, 0.3) is 0 Å². The molecule has 1 fully saturated rings. The predicted octanol–water partition coefficient (Wildman–Crippen LogP) is 3.93. The molecule has 112 valence electrons. The molecule has 0 saturated heterocycles. The van der Waals surface area contributed by atoms with E-state index in [9.17, 15) is 5.11 Å². The smallest absolute Gasteiger partial charge is 0.0574 e. The minimum Gasteiger partial charge on any atom is -0.393 e. The zero-order valence-corrected chi connectivity index (χ0v) is 13.3. The van der Waals surface area contributed by atoms with Gasteiger partial charge in [-0.15, -0.1) is 0 Å². The van der Waals surface area contributed by atoms with E-state index in [-0.39, 0.29) is 6.10 Å². The lowest BCUT2D eigenvalue weighted by molar-refractivity contribution is 0.0785. The van der Waals surface area contributed by atoms with Gasteiger partial charge in [0, 0.05) is 17.5 Å². The molecule has 3 atom stereocenters. The van der Waals surface area contributed by atoms with Gasteiger partial charge in [-0.2, -0.15) is 0 Å². The number of aliphatic hydroxyl groups is 1. The summed E-state index contributed by atoms with van der Waals surface area (Å²) < 4.78 is 0. The van der Waals surface area contributed by atoms with Crippen molar-refractivity contribution in [3.63, 3.8) is 0 Å². The number of benzene rings is 1. The number of nitrogens with zero attached hydrogens (tertiary/aromatic N) is 1. The van der Waals surface area contributed by atoms with E-state index in [0.717, 1.165) is 30.8 Å². The number of likely N-dealkylation sites (N-methyl/N-ethyl adjacent to an activating group) is 1. The molecular weight excluding hydrogens is 270 g/mol. The molecule has 1 saturated carbocycles. The third-order valence-corrected chi connectivity index (χ3v) is 4.66. The van der Waals surface area contributed by atoms with Crippen molar-refractivity contribution >= 4 is 11.6 Å². The highest BCUT2D eigenvalue weighted by atomic mass is 35.5. The van der Waals surface area contributed by atoms with Crippen molar-refractivity contribution in [3.8, 4) is 0 Å². The molecule has 0 radical (unpaired) electrons. The van der Waals surface area contributed by atoms with E-state index < -0.39 is 0 Å². The number of aliphatic hydroxyl groups excluding tert-OH is 1.